The highest BCUT2D eigenvalue weighted by atomic mass is 16.4. The lowest BCUT2D eigenvalue weighted by Crippen LogP contribution is -2.54. The van der Waals surface area contributed by atoms with Crippen LogP contribution in [0.25, 0.3) is 0 Å². The van der Waals surface area contributed by atoms with Gasteiger partial charge in [-0.05, 0) is 19.1 Å². The zero-order valence-corrected chi connectivity index (χ0v) is 6.19. The van der Waals surface area contributed by atoms with Gasteiger partial charge in [-0.3, -0.25) is 4.99 Å². The largest absolute Gasteiger partial charge is 0.480 e. The summed E-state index contributed by atoms with van der Waals surface area (Å²) in [4.78, 5) is 14.5. The van der Waals surface area contributed by atoms with Crippen LogP contribution in [0.5, 0.6) is 0 Å². The average Bonchev–Trinajstić information content (AvgIpc) is 1.95. The lowest BCUT2D eigenvalue weighted by atomic mass is 9.91. The fourth-order valence-corrected chi connectivity index (χ4v) is 0.894. The van der Waals surface area contributed by atoms with Crippen molar-refractivity contribution in [1.82, 2.24) is 0 Å². The van der Waals surface area contributed by atoms with E-state index in [2.05, 4.69) is 4.99 Å². The molecule has 1 aliphatic rings. The van der Waals surface area contributed by atoms with Gasteiger partial charge in [-0.25, -0.2) is 4.79 Å². The lowest BCUT2D eigenvalue weighted by molar-refractivity contribution is -0.141. The second-order valence-corrected chi connectivity index (χ2v) is 2.57. The van der Waals surface area contributed by atoms with E-state index in [1.807, 2.05) is 0 Å². The summed E-state index contributed by atoms with van der Waals surface area (Å²) in [6, 6.07) is -0.398. The Balaban J connectivity index is 2.94. The molecule has 0 saturated carbocycles. The molecule has 1 heterocycles. The predicted molar refractivity (Wildman–Crippen MR) is 41.6 cm³/mol. The molecular weight excluding hydrogens is 144 g/mol. The van der Waals surface area contributed by atoms with E-state index in [1.165, 1.54) is 6.08 Å². The van der Waals surface area contributed by atoms with Crippen molar-refractivity contribution in [3.8, 4) is 0 Å². The second kappa shape index (κ2) is 2.47. The van der Waals surface area contributed by atoms with Crippen LogP contribution >= 0.6 is 0 Å². The quantitative estimate of drug-likeness (QED) is 0.549. The number of carboxylic acids is 1. The van der Waals surface area contributed by atoms with Crippen LogP contribution in [-0.2, 0) is 4.79 Å². The topological polar surface area (TPSA) is 75.7 Å². The Hall–Kier alpha value is -1.16. The molecule has 0 aliphatic carbocycles. The van der Waals surface area contributed by atoms with Gasteiger partial charge in [0.15, 0.2) is 5.54 Å². The maximum absolute atomic E-state index is 10.6. The third-order valence-electron chi connectivity index (χ3n) is 1.83. The normalized spacial score (nSPS) is 35.6. The zero-order chi connectivity index (χ0) is 8.48. The van der Waals surface area contributed by atoms with Crippen LogP contribution in [0.3, 0.4) is 0 Å². The third-order valence-corrected chi connectivity index (χ3v) is 1.83. The molecule has 0 radical (unpaired) electrons. The van der Waals surface area contributed by atoms with Gasteiger partial charge in [0, 0.05) is 6.21 Å². The highest BCUT2D eigenvalue weighted by Gasteiger charge is 2.38. The molecule has 11 heavy (non-hydrogen) atoms. The molecule has 1 rings (SSSR count). The first-order valence-electron chi connectivity index (χ1n) is 3.30. The first-order chi connectivity index (χ1) is 5.07. The molecule has 2 unspecified atom stereocenters. The van der Waals surface area contributed by atoms with Crippen molar-refractivity contribution in [2.24, 2.45) is 10.7 Å². The monoisotopic (exact) mass is 154 g/mol. The molecular formula is C7H10N2O2. The van der Waals surface area contributed by atoms with E-state index >= 15 is 0 Å². The van der Waals surface area contributed by atoms with E-state index in [4.69, 9.17) is 10.8 Å². The maximum atomic E-state index is 10.6. The predicted octanol–water partition coefficient (Wildman–Crippen LogP) is -0.202. The molecule has 0 aromatic heterocycles. The van der Waals surface area contributed by atoms with Gasteiger partial charge in [-0.2, -0.15) is 0 Å². The van der Waals surface area contributed by atoms with E-state index < -0.39 is 17.6 Å². The Morgan fingerprint density at radius 3 is 2.82 bits per heavy atom. The van der Waals surface area contributed by atoms with E-state index in [0.717, 1.165) is 0 Å². The van der Waals surface area contributed by atoms with Crippen molar-refractivity contribution >= 4 is 12.2 Å². The number of allylic oxidation sites excluding steroid dienone is 1. The summed E-state index contributed by atoms with van der Waals surface area (Å²) < 4.78 is 0. The van der Waals surface area contributed by atoms with Gasteiger partial charge >= 0.3 is 5.97 Å². The van der Waals surface area contributed by atoms with Crippen LogP contribution in [0.4, 0.5) is 0 Å². The molecule has 0 saturated heterocycles. The van der Waals surface area contributed by atoms with Crippen LogP contribution < -0.4 is 5.73 Å². The van der Waals surface area contributed by atoms with Crippen LogP contribution in [0.15, 0.2) is 17.1 Å². The average molecular weight is 154 g/mol. The number of nitrogens with two attached hydrogens (primary N) is 1. The number of dihydropyridines is 1. The number of carbonyl (C=O) groups is 1. The van der Waals surface area contributed by atoms with E-state index in [0.29, 0.717) is 0 Å². The van der Waals surface area contributed by atoms with E-state index in [1.54, 1.807) is 19.2 Å². The van der Waals surface area contributed by atoms with Crippen LogP contribution in [0.1, 0.15) is 6.92 Å². The van der Waals surface area contributed by atoms with E-state index in [-0.39, 0.29) is 0 Å². The number of aliphatic imine (C=N–C) groups is 1. The Morgan fingerprint density at radius 1 is 1.82 bits per heavy atom. The van der Waals surface area contributed by atoms with Crippen LogP contribution in [-0.4, -0.2) is 28.9 Å². The second-order valence-electron chi connectivity index (χ2n) is 2.57. The van der Waals surface area contributed by atoms with Crippen LogP contribution in [0, 0.1) is 0 Å². The third kappa shape index (κ3) is 1.17. The summed E-state index contributed by atoms with van der Waals surface area (Å²) in [6.07, 6.45) is 4.56. The van der Waals surface area contributed by atoms with Gasteiger partial charge in [0.2, 0.25) is 0 Å². The minimum absolute atomic E-state index is 0.398. The molecule has 4 heteroatoms. The molecule has 0 aromatic rings. The molecule has 1 aliphatic heterocycles. The highest BCUT2D eigenvalue weighted by Crippen LogP contribution is 2.15. The SMILES string of the molecule is CC1N=CC=CC1(N)C(=O)O. The molecule has 0 bridgehead atoms. The van der Waals surface area contributed by atoms with Crippen molar-refractivity contribution in [2.45, 2.75) is 18.5 Å². The van der Waals surface area contributed by atoms with Crippen molar-refractivity contribution in [2.75, 3.05) is 0 Å². The first kappa shape index (κ1) is 7.94. The molecule has 0 amide bonds. The van der Waals surface area contributed by atoms with E-state index in [9.17, 15) is 4.79 Å². The summed E-state index contributed by atoms with van der Waals surface area (Å²) >= 11 is 0. The molecule has 0 spiro atoms. The van der Waals surface area contributed by atoms with Gasteiger partial charge in [0.1, 0.15) is 0 Å². The number of nitrogens with zero attached hydrogens (tertiary/aromatic N) is 1. The lowest BCUT2D eigenvalue weighted by Gasteiger charge is -2.26. The Morgan fingerprint density at radius 2 is 2.45 bits per heavy atom. The summed E-state index contributed by atoms with van der Waals surface area (Å²) in [6.45, 7) is 1.67. The van der Waals surface area contributed by atoms with Crippen molar-refractivity contribution in [3.05, 3.63) is 12.2 Å². The van der Waals surface area contributed by atoms with Gasteiger partial charge in [-0.15, -0.1) is 0 Å². The Kier molecular flexibility index (Phi) is 1.78. The van der Waals surface area contributed by atoms with Gasteiger partial charge in [0.25, 0.3) is 0 Å². The fraction of sp³-hybridized carbons (Fsp3) is 0.429. The van der Waals surface area contributed by atoms with Gasteiger partial charge < -0.3 is 10.8 Å². The standard InChI is InChI=1S/C7H10N2O2/c1-5-7(8,6(10)11)3-2-4-9-5/h2-5H,8H2,1H3,(H,10,11). The minimum atomic E-state index is -1.32. The number of carboxylic acid groups (broad SMARTS) is 1. The molecule has 0 aromatic carbocycles. The Bertz CT molecular complexity index is 235. The molecule has 3 N–H and O–H groups in total. The molecule has 2 atom stereocenters. The van der Waals surface area contributed by atoms with Gasteiger partial charge in [0.05, 0.1) is 6.04 Å². The smallest absolute Gasteiger partial charge is 0.329 e. The number of hydrogen-bond donors (Lipinski definition) is 2. The van der Waals surface area contributed by atoms with Gasteiger partial charge in [-0.1, -0.05) is 0 Å². The summed E-state index contributed by atoms with van der Waals surface area (Å²) in [7, 11) is 0. The first-order valence-corrected chi connectivity index (χ1v) is 3.30. The number of hydrogen-bond acceptors (Lipinski definition) is 3. The van der Waals surface area contributed by atoms with Crippen LogP contribution in [0.2, 0.25) is 0 Å². The maximum Gasteiger partial charge on any atom is 0.329 e. The number of rotatable bonds is 1. The molecule has 4 nitrogen and oxygen atoms in total. The number of aliphatic carboxylic acids is 1. The Labute approximate surface area is 64.4 Å². The summed E-state index contributed by atoms with van der Waals surface area (Å²) in [5.41, 5.74) is 4.22. The van der Waals surface area contributed by atoms with Crippen molar-refractivity contribution in [1.29, 1.82) is 0 Å². The van der Waals surface area contributed by atoms with Crippen molar-refractivity contribution in [3.63, 3.8) is 0 Å². The molecule has 60 valence electrons. The fourth-order valence-electron chi connectivity index (χ4n) is 0.894. The summed E-state index contributed by atoms with van der Waals surface area (Å²) in [5, 5.41) is 8.72. The van der Waals surface area contributed by atoms with Crippen molar-refractivity contribution < 1.29 is 9.90 Å². The summed E-state index contributed by atoms with van der Waals surface area (Å²) in [5.74, 6) is -1.04. The highest BCUT2D eigenvalue weighted by molar-refractivity contribution is 5.86. The molecule has 0 fully saturated rings. The minimum Gasteiger partial charge on any atom is -0.480 e. The zero-order valence-electron chi connectivity index (χ0n) is 6.19.